The first-order valence-corrected chi connectivity index (χ1v) is 9.22. The number of para-hydroxylation sites is 2. The molecule has 1 unspecified atom stereocenters. The number of guanidine groups is 1. The average molecular weight is 534 g/mol. The molecule has 0 aliphatic heterocycles. The van der Waals surface area contributed by atoms with Crippen molar-refractivity contribution < 1.29 is 18.3 Å². The molecule has 2 aromatic rings. The highest BCUT2D eigenvalue weighted by Gasteiger charge is 2.18. The molecule has 0 aliphatic carbocycles. The van der Waals surface area contributed by atoms with E-state index >= 15 is 0 Å². The third-order valence-electron chi connectivity index (χ3n) is 4.44. The molecule has 9 heteroatoms. The number of benzene rings is 2. The lowest BCUT2D eigenvalue weighted by molar-refractivity contribution is -0.0504. The second kappa shape index (κ2) is 13.2. The van der Waals surface area contributed by atoms with Crippen LogP contribution >= 0.6 is 24.0 Å². The zero-order valence-corrected chi connectivity index (χ0v) is 19.9. The van der Waals surface area contributed by atoms with Crippen molar-refractivity contribution >= 4 is 29.9 Å². The summed E-state index contributed by atoms with van der Waals surface area (Å²) in [4.78, 5) is 6.30. The van der Waals surface area contributed by atoms with Crippen molar-refractivity contribution in [1.29, 1.82) is 0 Å². The molecule has 6 nitrogen and oxygen atoms in total. The Bertz CT molecular complexity index is 806. The maximum atomic E-state index is 12.6. The van der Waals surface area contributed by atoms with E-state index in [9.17, 15) is 8.78 Å². The van der Waals surface area contributed by atoms with Crippen LogP contribution in [-0.4, -0.2) is 52.3 Å². The number of nitrogens with one attached hydrogen (secondary N) is 2. The van der Waals surface area contributed by atoms with Gasteiger partial charge in [-0.2, -0.15) is 8.78 Å². The Morgan fingerprint density at radius 3 is 2.27 bits per heavy atom. The van der Waals surface area contributed by atoms with Gasteiger partial charge in [-0.1, -0.05) is 36.4 Å². The molecule has 166 valence electrons. The summed E-state index contributed by atoms with van der Waals surface area (Å²) in [5.41, 5.74) is 1.67. The maximum absolute atomic E-state index is 12.6. The van der Waals surface area contributed by atoms with Gasteiger partial charge >= 0.3 is 6.61 Å². The number of aliphatic imine (C=N–C) groups is 1. The zero-order chi connectivity index (χ0) is 21.2. The van der Waals surface area contributed by atoms with Crippen LogP contribution in [0.15, 0.2) is 53.5 Å². The van der Waals surface area contributed by atoms with E-state index in [0.29, 0.717) is 24.6 Å². The molecule has 0 amide bonds. The number of hydrogen-bond acceptors (Lipinski definition) is 4. The van der Waals surface area contributed by atoms with Gasteiger partial charge < -0.3 is 25.0 Å². The average Bonchev–Trinajstić information content (AvgIpc) is 2.71. The summed E-state index contributed by atoms with van der Waals surface area (Å²) in [5, 5.41) is 6.42. The summed E-state index contributed by atoms with van der Waals surface area (Å²) in [5.74, 6) is 1.51. The topological polar surface area (TPSA) is 58.1 Å². The number of ether oxygens (including phenoxy) is 2. The van der Waals surface area contributed by atoms with E-state index in [2.05, 4.69) is 25.3 Å². The summed E-state index contributed by atoms with van der Waals surface area (Å²) in [6, 6.07) is 14.6. The molecule has 0 saturated carbocycles. The van der Waals surface area contributed by atoms with Gasteiger partial charge in [0.25, 0.3) is 0 Å². The summed E-state index contributed by atoms with van der Waals surface area (Å²) < 4.78 is 35.2. The SMILES string of the molecule is CN=C(NCc1ccccc1OC(F)F)NCC(c1ccccc1OC)N(C)C.I. The highest BCUT2D eigenvalue weighted by atomic mass is 127. The number of nitrogens with zero attached hydrogens (tertiary/aromatic N) is 2. The normalized spacial score (nSPS) is 12.3. The lowest BCUT2D eigenvalue weighted by Crippen LogP contribution is -2.41. The Morgan fingerprint density at radius 2 is 1.67 bits per heavy atom. The van der Waals surface area contributed by atoms with Gasteiger partial charge in [0, 0.05) is 31.3 Å². The monoisotopic (exact) mass is 534 g/mol. The first-order valence-electron chi connectivity index (χ1n) is 9.22. The molecule has 0 saturated heterocycles. The molecule has 0 fully saturated rings. The van der Waals surface area contributed by atoms with Crippen molar-refractivity contribution in [2.45, 2.75) is 19.2 Å². The zero-order valence-electron chi connectivity index (χ0n) is 17.6. The van der Waals surface area contributed by atoms with Crippen molar-refractivity contribution in [2.24, 2.45) is 4.99 Å². The third kappa shape index (κ3) is 7.60. The smallest absolute Gasteiger partial charge is 0.387 e. The van der Waals surface area contributed by atoms with Crippen LogP contribution in [0.5, 0.6) is 11.5 Å². The molecule has 0 bridgehead atoms. The number of likely N-dealkylation sites (N-methyl/N-ethyl adjacent to an activating group) is 1. The van der Waals surface area contributed by atoms with Crippen molar-refractivity contribution in [3.63, 3.8) is 0 Å². The van der Waals surface area contributed by atoms with Gasteiger partial charge in [0.1, 0.15) is 11.5 Å². The predicted octanol–water partition coefficient (Wildman–Crippen LogP) is 3.88. The van der Waals surface area contributed by atoms with E-state index in [-0.39, 0.29) is 35.8 Å². The summed E-state index contributed by atoms with van der Waals surface area (Å²) in [7, 11) is 7.29. The number of hydrogen-bond donors (Lipinski definition) is 2. The van der Waals surface area contributed by atoms with E-state index in [1.54, 1.807) is 32.4 Å². The fourth-order valence-electron chi connectivity index (χ4n) is 2.97. The minimum Gasteiger partial charge on any atom is -0.496 e. The number of alkyl halides is 2. The quantitative estimate of drug-likeness (QED) is 0.291. The Labute approximate surface area is 193 Å². The fourth-order valence-corrected chi connectivity index (χ4v) is 2.97. The Hall–Kier alpha value is -2.14. The maximum Gasteiger partial charge on any atom is 0.387 e. The predicted molar refractivity (Wildman–Crippen MR) is 126 cm³/mol. The van der Waals surface area contributed by atoms with E-state index in [1.165, 1.54) is 6.07 Å². The first-order chi connectivity index (χ1) is 14.0. The standard InChI is InChI=1S/C21H28F2N4O2.HI/c1-24-21(25-13-15-9-5-7-11-18(15)29-20(22)23)26-14-17(27(2)3)16-10-6-8-12-19(16)28-4;/h5-12,17,20H,13-14H2,1-4H3,(H2,24,25,26);1H. The van der Waals surface area contributed by atoms with Crippen molar-refractivity contribution in [2.75, 3.05) is 34.8 Å². The van der Waals surface area contributed by atoms with Crippen LogP contribution < -0.4 is 20.1 Å². The van der Waals surface area contributed by atoms with Crippen LogP contribution in [-0.2, 0) is 6.54 Å². The van der Waals surface area contributed by atoms with Crippen LogP contribution in [0.1, 0.15) is 17.2 Å². The number of methoxy groups -OCH3 is 1. The molecule has 30 heavy (non-hydrogen) atoms. The third-order valence-corrected chi connectivity index (χ3v) is 4.44. The van der Waals surface area contributed by atoms with Gasteiger partial charge in [0.2, 0.25) is 0 Å². The molecule has 0 aromatic heterocycles. The molecular weight excluding hydrogens is 505 g/mol. The van der Waals surface area contributed by atoms with Gasteiger partial charge in [-0.05, 0) is 26.2 Å². The van der Waals surface area contributed by atoms with Crippen LogP contribution in [0.4, 0.5) is 8.78 Å². The van der Waals surface area contributed by atoms with E-state index in [1.807, 2.05) is 38.4 Å². The van der Waals surface area contributed by atoms with Crippen LogP contribution in [0, 0.1) is 0 Å². The van der Waals surface area contributed by atoms with Crippen LogP contribution in [0.25, 0.3) is 0 Å². The molecule has 0 heterocycles. The Balaban J connectivity index is 0.00000450. The molecule has 0 spiro atoms. The van der Waals surface area contributed by atoms with Gasteiger partial charge in [-0.15, -0.1) is 24.0 Å². The van der Waals surface area contributed by atoms with E-state index < -0.39 is 6.61 Å². The number of halogens is 3. The van der Waals surface area contributed by atoms with E-state index in [4.69, 9.17) is 4.74 Å². The minimum atomic E-state index is -2.87. The largest absolute Gasteiger partial charge is 0.496 e. The molecule has 2 N–H and O–H groups in total. The molecule has 0 radical (unpaired) electrons. The summed E-state index contributed by atoms with van der Waals surface area (Å²) in [6.45, 7) is -2.00. The molecule has 1 atom stereocenters. The Kier molecular flexibility index (Phi) is 11.4. The fraction of sp³-hybridized carbons (Fsp3) is 0.381. The molecular formula is C21H29F2IN4O2. The lowest BCUT2D eigenvalue weighted by Gasteiger charge is -2.27. The van der Waals surface area contributed by atoms with Crippen molar-refractivity contribution in [3.8, 4) is 11.5 Å². The highest BCUT2D eigenvalue weighted by Crippen LogP contribution is 2.27. The second-order valence-electron chi connectivity index (χ2n) is 6.51. The van der Waals surface area contributed by atoms with Gasteiger partial charge in [-0.25, -0.2) is 0 Å². The summed E-state index contributed by atoms with van der Waals surface area (Å²) >= 11 is 0. The summed E-state index contributed by atoms with van der Waals surface area (Å²) in [6.07, 6.45) is 0. The van der Waals surface area contributed by atoms with Crippen LogP contribution in [0.2, 0.25) is 0 Å². The van der Waals surface area contributed by atoms with Gasteiger partial charge in [0.15, 0.2) is 5.96 Å². The molecule has 2 rings (SSSR count). The minimum absolute atomic E-state index is 0. The lowest BCUT2D eigenvalue weighted by atomic mass is 10.0. The van der Waals surface area contributed by atoms with Crippen molar-refractivity contribution in [3.05, 3.63) is 59.7 Å². The number of rotatable bonds is 9. The van der Waals surface area contributed by atoms with Crippen molar-refractivity contribution in [1.82, 2.24) is 15.5 Å². The molecule has 2 aromatic carbocycles. The molecule has 0 aliphatic rings. The van der Waals surface area contributed by atoms with E-state index in [0.717, 1.165) is 11.3 Å². The highest BCUT2D eigenvalue weighted by molar-refractivity contribution is 14.0. The second-order valence-corrected chi connectivity index (χ2v) is 6.51. The Morgan fingerprint density at radius 1 is 1.03 bits per heavy atom. The van der Waals surface area contributed by atoms with Gasteiger partial charge in [0.05, 0.1) is 13.2 Å². The van der Waals surface area contributed by atoms with Gasteiger partial charge in [-0.3, -0.25) is 4.99 Å². The first kappa shape index (κ1) is 25.9. The van der Waals surface area contributed by atoms with Crippen LogP contribution in [0.3, 0.4) is 0 Å².